The first-order valence-electron chi connectivity index (χ1n) is 30.7. The first kappa shape index (κ1) is 67.8. The van der Waals surface area contributed by atoms with E-state index < -0.39 is 0 Å². The Balaban J connectivity index is 0.000000115. The van der Waals surface area contributed by atoms with Crippen LogP contribution in [0.25, 0.3) is 90.2 Å². The van der Waals surface area contributed by atoms with Gasteiger partial charge in [0.2, 0.25) is 0 Å². The Morgan fingerprint density at radius 2 is 0.484 bits per heavy atom. The van der Waals surface area contributed by atoms with Gasteiger partial charge in [-0.1, -0.05) is 119 Å². The molecule has 0 bridgehead atoms. The first-order valence-corrected chi connectivity index (χ1v) is 39.7. The Hall–Kier alpha value is -6.56. The fraction of sp³-hybridized carbons (Fsp3) is 0.175. The van der Waals surface area contributed by atoms with E-state index in [9.17, 15) is 0 Å². The van der Waals surface area contributed by atoms with Crippen LogP contribution in [0.4, 0.5) is 0 Å². The van der Waals surface area contributed by atoms with Gasteiger partial charge in [0.05, 0.1) is 9.75 Å². The Labute approximate surface area is 593 Å². The summed E-state index contributed by atoms with van der Waals surface area (Å²) in [6.45, 7) is 26.9. The molecule has 15 aromatic rings. The zero-order valence-electron chi connectivity index (χ0n) is 54.4. The molecule has 0 spiro atoms. The number of thiophene rings is 11. The molecule has 2 nitrogen and oxygen atoms in total. The number of aryl methyl sites for hydroxylation is 12. The van der Waals surface area contributed by atoms with Crippen molar-refractivity contribution < 1.29 is 9.47 Å². The maximum absolute atomic E-state index is 5.82. The lowest BCUT2D eigenvalue weighted by atomic mass is 10.1. The maximum atomic E-state index is 5.82. The number of fused-ring (bicyclic) bond motifs is 2. The largest absolute Gasteiger partial charge is 0.485 e. The molecule has 0 amide bonds. The lowest BCUT2D eigenvalue weighted by Gasteiger charge is -2.16. The van der Waals surface area contributed by atoms with Gasteiger partial charge in [0, 0.05) is 97.2 Å². The minimum atomic E-state index is 0.648. The molecule has 0 radical (unpaired) electrons. The van der Waals surface area contributed by atoms with E-state index in [1.807, 2.05) is 113 Å². The summed E-state index contributed by atoms with van der Waals surface area (Å²) in [6, 6.07) is 74.5. The summed E-state index contributed by atoms with van der Waals surface area (Å²) in [4.78, 5) is 27.0. The second kappa shape index (κ2) is 31.8. The third kappa shape index (κ3) is 18.3. The highest BCUT2D eigenvalue weighted by atomic mass is 32.1. The molecule has 0 saturated carbocycles. The predicted octanol–water partition coefficient (Wildman–Crippen LogP) is 28.8. The Bertz CT molecular complexity index is 4540. The van der Waals surface area contributed by atoms with Crippen molar-refractivity contribution in [1.82, 2.24) is 0 Å². The molecule has 472 valence electrons. The molecule has 0 atom stereocenters. The summed E-state index contributed by atoms with van der Waals surface area (Å²) in [6.07, 6.45) is 0. The van der Waals surface area contributed by atoms with Crippen LogP contribution < -0.4 is 9.47 Å². The molecule has 4 aromatic carbocycles. The monoisotopic (exact) mass is 1420 g/mol. The average Bonchev–Trinajstić information content (AvgIpc) is 1.63. The number of hydrogen-bond donors (Lipinski definition) is 0. The van der Waals surface area contributed by atoms with Crippen LogP contribution in [0.1, 0.15) is 61.3 Å². The molecule has 16 rings (SSSR count). The van der Waals surface area contributed by atoms with Crippen LogP contribution in [0.5, 0.6) is 11.5 Å². The van der Waals surface area contributed by atoms with Gasteiger partial charge in [-0.25, -0.2) is 0 Å². The number of benzene rings is 4. The second-order valence-corrected chi connectivity index (χ2v) is 36.3. The van der Waals surface area contributed by atoms with Gasteiger partial charge in [-0.15, -0.1) is 125 Å². The fourth-order valence-electron chi connectivity index (χ4n) is 9.89. The van der Waals surface area contributed by atoms with E-state index in [1.165, 1.54) is 151 Å². The Kier molecular flexibility index (Phi) is 23.2. The average molecular weight is 1420 g/mol. The van der Waals surface area contributed by atoms with Crippen LogP contribution in [0.2, 0.25) is 0 Å². The molecule has 0 fully saturated rings. The van der Waals surface area contributed by atoms with Crippen molar-refractivity contribution in [2.24, 2.45) is 0 Å². The molecule has 12 heterocycles. The molecular formula is C80H74O2S11. The lowest BCUT2D eigenvalue weighted by Crippen LogP contribution is -2.14. The number of hydrogen-bond acceptors (Lipinski definition) is 13. The maximum Gasteiger partial charge on any atom is 0.181 e. The van der Waals surface area contributed by atoms with Crippen LogP contribution in [0.15, 0.2) is 206 Å². The van der Waals surface area contributed by atoms with E-state index >= 15 is 0 Å². The summed E-state index contributed by atoms with van der Waals surface area (Å²) in [5.74, 6) is 1.89. The van der Waals surface area contributed by atoms with Crippen LogP contribution in [0, 0.1) is 83.1 Å². The molecule has 0 aliphatic carbocycles. The van der Waals surface area contributed by atoms with Gasteiger partial charge in [-0.3, -0.25) is 0 Å². The topological polar surface area (TPSA) is 18.5 Å². The van der Waals surface area contributed by atoms with Crippen LogP contribution >= 0.6 is 125 Å². The molecular weight excluding hydrogens is 1350 g/mol. The number of ether oxygens (including phenoxy) is 2. The van der Waals surface area contributed by atoms with E-state index in [-0.39, 0.29) is 0 Å². The van der Waals surface area contributed by atoms with Gasteiger partial charge >= 0.3 is 0 Å². The van der Waals surface area contributed by atoms with Gasteiger partial charge in [-0.2, -0.15) is 0 Å². The summed E-state index contributed by atoms with van der Waals surface area (Å²) >= 11 is 20.4. The second-order valence-electron chi connectivity index (χ2n) is 22.8. The molecule has 0 unspecified atom stereocenters. The van der Waals surface area contributed by atoms with E-state index in [0.717, 1.165) is 11.5 Å². The van der Waals surface area contributed by atoms with E-state index in [1.54, 1.807) is 11.3 Å². The highest BCUT2D eigenvalue weighted by Gasteiger charge is 2.25. The molecule has 13 heteroatoms. The van der Waals surface area contributed by atoms with Gasteiger partial charge in [-0.05, 0) is 215 Å². The quantitative estimate of drug-likeness (QED) is 0.151. The van der Waals surface area contributed by atoms with Crippen LogP contribution in [-0.4, -0.2) is 13.2 Å². The number of rotatable bonds is 8. The van der Waals surface area contributed by atoms with E-state index in [0.29, 0.717) is 13.2 Å². The van der Waals surface area contributed by atoms with E-state index in [2.05, 4.69) is 289 Å². The van der Waals surface area contributed by atoms with Crippen LogP contribution in [-0.2, 0) is 0 Å². The van der Waals surface area contributed by atoms with Crippen molar-refractivity contribution in [3.63, 3.8) is 0 Å². The van der Waals surface area contributed by atoms with Crippen molar-refractivity contribution in [3.05, 3.63) is 268 Å². The van der Waals surface area contributed by atoms with Crippen LogP contribution in [0.3, 0.4) is 0 Å². The van der Waals surface area contributed by atoms with Crippen molar-refractivity contribution in [2.75, 3.05) is 13.2 Å². The summed E-state index contributed by atoms with van der Waals surface area (Å²) in [5, 5.41) is 0. The normalized spacial score (nSPS) is 11.3. The SMILES string of the molecule is Cc1cc2sc(-c3sc(C)c4c3OCCO4)cc2s1.Cc1ccc(-c2ccc(-c3ccc(C)s3)s2)cc1.Cc1ccc(-c2ccc(-c3ccc(C)s3)s2)cc1.Cc1ccc(-c2ccc(C)s2)cc1.Cc1ccc(-c2ccc(C)s2)cc1.Cc1ccc(-c2ccc(C)s2)s1. The third-order valence-corrected chi connectivity index (χ3v) is 27.3. The zero-order chi connectivity index (χ0) is 65.1. The summed E-state index contributed by atoms with van der Waals surface area (Å²) in [5.41, 5.74) is 10.5. The minimum absolute atomic E-state index is 0.648. The molecule has 11 aromatic heterocycles. The summed E-state index contributed by atoms with van der Waals surface area (Å²) in [7, 11) is 0. The molecule has 0 N–H and O–H groups in total. The Morgan fingerprint density at radius 3 is 0.796 bits per heavy atom. The first-order chi connectivity index (χ1) is 44.9. The van der Waals surface area contributed by atoms with Crippen molar-refractivity contribution in [1.29, 1.82) is 0 Å². The highest BCUT2D eigenvalue weighted by Crippen LogP contribution is 2.52. The van der Waals surface area contributed by atoms with Gasteiger partial charge in [0.15, 0.2) is 11.5 Å². The highest BCUT2D eigenvalue weighted by molar-refractivity contribution is 7.31. The minimum Gasteiger partial charge on any atom is -0.485 e. The summed E-state index contributed by atoms with van der Waals surface area (Å²) < 4.78 is 14.3. The van der Waals surface area contributed by atoms with Crippen molar-refractivity contribution in [3.8, 4) is 92.3 Å². The van der Waals surface area contributed by atoms with Gasteiger partial charge in [0.1, 0.15) is 13.2 Å². The predicted molar refractivity (Wildman–Crippen MR) is 424 cm³/mol. The van der Waals surface area contributed by atoms with E-state index in [4.69, 9.17) is 9.47 Å². The molecule has 1 aliphatic rings. The molecule has 93 heavy (non-hydrogen) atoms. The third-order valence-electron chi connectivity index (χ3n) is 14.8. The fourth-order valence-corrected chi connectivity index (χ4v) is 20.9. The standard InChI is InChI=1S/2C16H14S2.C14H12O2S3.2C12H12S.C10H10S2/c2*1-11-3-6-13(7-4-11)14-9-10-16(18-14)15-8-5-12(2)17-15;1-7-5-9-10(17-7)6-11(19-9)14-13-12(8(2)18-14)15-3-4-16-13;2*1-9-3-6-11(7-4-9)12-8-5-10(2)13-12;1-7-3-5-9(11-7)10-6-4-8(2)12-10/h2*3-10H,1-2H3;5-6H,3-4H2,1-2H3;2*3-8H,1-2H3;3-6H,1-2H3. The zero-order valence-corrected chi connectivity index (χ0v) is 63.3. The molecule has 1 aliphatic heterocycles. The smallest absolute Gasteiger partial charge is 0.181 e. The van der Waals surface area contributed by atoms with Gasteiger partial charge in [0.25, 0.3) is 0 Å². The van der Waals surface area contributed by atoms with Gasteiger partial charge < -0.3 is 9.47 Å². The van der Waals surface area contributed by atoms with Crippen molar-refractivity contribution in [2.45, 2.75) is 83.1 Å². The Morgan fingerprint density at radius 1 is 0.215 bits per heavy atom. The lowest BCUT2D eigenvalue weighted by molar-refractivity contribution is 0.173. The molecule has 0 saturated heterocycles. The van der Waals surface area contributed by atoms with Crippen molar-refractivity contribution >= 4 is 134 Å².